The lowest BCUT2D eigenvalue weighted by Crippen LogP contribution is -2.03. The van der Waals surface area contributed by atoms with E-state index in [-0.39, 0.29) is 0 Å². The highest BCUT2D eigenvalue weighted by Gasteiger charge is 2.11. The number of aryl methyl sites for hydroxylation is 3. The molecule has 0 aliphatic rings. The van der Waals surface area contributed by atoms with Crippen molar-refractivity contribution in [3.05, 3.63) is 77.4 Å². The Kier molecular flexibility index (Phi) is 5.95. The van der Waals surface area contributed by atoms with E-state index < -0.39 is 0 Å². The monoisotopic (exact) mass is 389 g/mol. The lowest BCUT2D eigenvalue weighted by atomic mass is 10.1. The molecular formula is C22H23N5O2. The Morgan fingerprint density at radius 2 is 1.79 bits per heavy atom. The summed E-state index contributed by atoms with van der Waals surface area (Å²) in [7, 11) is 0. The average molecular weight is 389 g/mol. The van der Waals surface area contributed by atoms with E-state index in [9.17, 15) is 0 Å². The molecule has 2 heterocycles. The van der Waals surface area contributed by atoms with Gasteiger partial charge < -0.3 is 9.15 Å². The minimum Gasteiger partial charge on any atom is -0.493 e. The smallest absolute Gasteiger partial charge is 0.226 e. The Hall–Kier alpha value is -3.48. The predicted molar refractivity (Wildman–Crippen MR) is 109 cm³/mol. The van der Waals surface area contributed by atoms with Crippen LogP contribution in [0, 0.1) is 6.92 Å². The zero-order valence-electron chi connectivity index (χ0n) is 16.3. The maximum absolute atomic E-state index is 5.89. The summed E-state index contributed by atoms with van der Waals surface area (Å²) in [6.45, 7) is 2.50. The van der Waals surface area contributed by atoms with Crippen LogP contribution in [0.15, 0.2) is 59.0 Å². The summed E-state index contributed by atoms with van der Waals surface area (Å²) >= 11 is 0. The minimum atomic E-state index is 0.555. The number of tetrazole rings is 1. The molecule has 0 saturated heterocycles. The second kappa shape index (κ2) is 9.14. The number of aromatic nitrogens is 5. The summed E-state index contributed by atoms with van der Waals surface area (Å²) in [6, 6.07) is 18.1. The number of H-pyrrole nitrogens is 1. The molecule has 0 aliphatic heterocycles. The first kappa shape index (κ1) is 18.9. The number of hydrogen-bond acceptors (Lipinski definition) is 6. The number of hydrogen-bond donors (Lipinski definition) is 1. The van der Waals surface area contributed by atoms with Crippen LogP contribution < -0.4 is 4.74 Å². The number of nitrogens with one attached hydrogen (secondary N) is 1. The molecule has 2 aromatic carbocycles. The Bertz CT molecular complexity index is 1010. The van der Waals surface area contributed by atoms with Crippen LogP contribution in [-0.2, 0) is 19.3 Å². The maximum atomic E-state index is 5.89. The van der Waals surface area contributed by atoms with Crippen LogP contribution in [0.3, 0.4) is 0 Å². The molecule has 0 fully saturated rings. The Labute approximate surface area is 169 Å². The molecule has 0 bridgehead atoms. The molecule has 0 spiro atoms. The highest BCUT2D eigenvalue weighted by Crippen LogP contribution is 2.22. The topological polar surface area (TPSA) is 89.7 Å². The first-order chi connectivity index (χ1) is 14.3. The zero-order valence-corrected chi connectivity index (χ0v) is 16.3. The molecule has 0 unspecified atom stereocenters. The third kappa shape index (κ3) is 5.07. The summed E-state index contributed by atoms with van der Waals surface area (Å²) in [5, 5.41) is 13.8. The van der Waals surface area contributed by atoms with Crippen LogP contribution >= 0.6 is 0 Å². The molecule has 0 saturated carbocycles. The standard InChI is InChI=1S/C22H23N5O2/c1-16-20(23-22(29-16)18-7-3-2-4-8-18)14-15-28-19-12-10-17(11-13-19)6-5-9-21-24-26-27-25-21/h2-4,7-8,10-13H,5-6,9,14-15H2,1H3,(H,24,25,26,27). The van der Waals surface area contributed by atoms with Crippen molar-refractivity contribution in [3.8, 4) is 17.2 Å². The fraction of sp³-hybridized carbons (Fsp3) is 0.273. The van der Waals surface area contributed by atoms with Gasteiger partial charge in [-0.15, -0.1) is 5.10 Å². The molecule has 7 heteroatoms. The van der Waals surface area contributed by atoms with E-state index in [1.807, 2.05) is 49.4 Å². The molecule has 2 aromatic heterocycles. The summed E-state index contributed by atoms with van der Waals surface area (Å²) in [5.41, 5.74) is 3.19. The average Bonchev–Trinajstić information content (AvgIpc) is 3.40. The summed E-state index contributed by atoms with van der Waals surface area (Å²) in [5.74, 6) is 3.18. The van der Waals surface area contributed by atoms with Gasteiger partial charge in [-0.1, -0.05) is 30.3 Å². The van der Waals surface area contributed by atoms with Gasteiger partial charge in [0.15, 0.2) is 0 Å². The molecule has 4 aromatic rings. The molecule has 0 aliphatic carbocycles. The molecular weight excluding hydrogens is 366 g/mol. The van der Waals surface area contributed by atoms with Crippen LogP contribution in [0.2, 0.25) is 0 Å². The number of benzene rings is 2. The predicted octanol–water partition coefficient (Wildman–Crippen LogP) is 3.96. The highest BCUT2D eigenvalue weighted by atomic mass is 16.5. The van der Waals surface area contributed by atoms with Gasteiger partial charge in [0.05, 0.1) is 12.3 Å². The second-order valence-corrected chi connectivity index (χ2v) is 6.83. The summed E-state index contributed by atoms with van der Waals surface area (Å²) < 4.78 is 11.7. The van der Waals surface area contributed by atoms with Crippen LogP contribution in [-0.4, -0.2) is 32.2 Å². The zero-order chi connectivity index (χ0) is 19.9. The maximum Gasteiger partial charge on any atom is 0.226 e. The van der Waals surface area contributed by atoms with E-state index in [1.54, 1.807) is 0 Å². The van der Waals surface area contributed by atoms with Crippen molar-refractivity contribution in [2.24, 2.45) is 0 Å². The fourth-order valence-electron chi connectivity index (χ4n) is 3.13. The number of ether oxygens (including phenoxy) is 1. The number of aromatic amines is 1. The first-order valence-corrected chi connectivity index (χ1v) is 9.74. The molecule has 0 radical (unpaired) electrons. The minimum absolute atomic E-state index is 0.555. The Morgan fingerprint density at radius 3 is 2.55 bits per heavy atom. The molecule has 1 N–H and O–H groups in total. The van der Waals surface area contributed by atoms with E-state index in [4.69, 9.17) is 9.15 Å². The van der Waals surface area contributed by atoms with Gasteiger partial charge in [0.1, 0.15) is 17.3 Å². The van der Waals surface area contributed by atoms with Crippen molar-refractivity contribution in [2.75, 3.05) is 6.61 Å². The van der Waals surface area contributed by atoms with Crippen LogP contribution in [0.1, 0.15) is 29.3 Å². The van der Waals surface area contributed by atoms with Gasteiger partial charge in [0, 0.05) is 18.4 Å². The van der Waals surface area contributed by atoms with Gasteiger partial charge in [0.2, 0.25) is 5.89 Å². The van der Waals surface area contributed by atoms with Gasteiger partial charge >= 0.3 is 0 Å². The number of nitrogens with zero attached hydrogens (tertiary/aromatic N) is 4. The molecule has 148 valence electrons. The van der Waals surface area contributed by atoms with Crippen LogP contribution in [0.5, 0.6) is 5.75 Å². The third-order valence-electron chi connectivity index (χ3n) is 4.71. The van der Waals surface area contributed by atoms with Crippen molar-refractivity contribution >= 4 is 0 Å². The highest BCUT2D eigenvalue weighted by molar-refractivity contribution is 5.53. The van der Waals surface area contributed by atoms with E-state index in [0.717, 1.165) is 47.9 Å². The fourth-order valence-corrected chi connectivity index (χ4v) is 3.13. The number of oxazole rings is 1. The van der Waals surface area contributed by atoms with E-state index in [1.165, 1.54) is 5.56 Å². The van der Waals surface area contributed by atoms with Crippen molar-refractivity contribution in [1.29, 1.82) is 0 Å². The molecule has 7 nitrogen and oxygen atoms in total. The Balaban J connectivity index is 1.25. The van der Waals surface area contributed by atoms with E-state index in [0.29, 0.717) is 18.9 Å². The van der Waals surface area contributed by atoms with Gasteiger partial charge in [-0.3, -0.25) is 0 Å². The normalized spacial score (nSPS) is 10.9. The molecule has 0 amide bonds. The third-order valence-corrected chi connectivity index (χ3v) is 4.71. The van der Waals surface area contributed by atoms with Gasteiger partial charge in [-0.05, 0) is 60.0 Å². The Morgan fingerprint density at radius 1 is 0.966 bits per heavy atom. The molecule has 29 heavy (non-hydrogen) atoms. The van der Waals surface area contributed by atoms with Gasteiger partial charge in [-0.25, -0.2) is 10.1 Å². The van der Waals surface area contributed by atoms with Gasteiger partial charge in [0.25, 0.3) is 0 Å². The van der Waals surface area contributed by atoms with Crippen LogP contribution in [0.25, 0.3) is 11.5 Å². The van der Waals surface area contributed by atoms with Crippen molar-refractivity contribution < 1.29 is 9.15 Å². The van der Waals surface area contributed by atoms with Crippen molar-refractivity contribution in [3.63, 3.8) is 0 Å². The summed E-state index contributed by atoms with van der Waals surface area (Å²) in [4.78, 5) is 4.62. The largest absolute Gasteiger partial charge is 0.493 e. The van der Waals surface area contributed by atoms with Crippen LogP contribution in [0.4, 0.5) is 0 Å². The van der Waals surface area contributed by atoms with E-state index in [2.05, 4.69) is 37.7 Å². The lowest BCUT2D eigenvalue weighted by molar-refractivity contribution is 0.320. The SMILES string of the molecule is Cc1oc(-c2ccccc2)nc1CCOc1ccc(CCCc2nnn[nH]2)cc1. The first-order valence-electron chi connectivity index (χ1n) is 9.74. The second-order valence-electron chi connectivity index (χ2n) is 6.83. The number of rotatable bonds is 9. The lowest BCUT2D eigenvalue weighted by Gasteiger charge is -2.06. The van der Waals surface area contributed by atoms with Crippen molar-refractivity contribution in [1.82, 2.24) is 25.6 Å². The van der Waals surface area contributed by atoms with Gasteiger partial charge in [-0.2, -0.15) is 0 Å². The molecule has 4 rings (SSSR count). The van der Waals surface area contributed by atoms with E-state index >= 15 is 0 Å². The molecule has 0 atom stereocenters. The summed E-state index contributed by atoms with van der Waals surface area (Å²) in [6.07, 6.45) is 3.51. The quantitative estimate of drug-likeness (QED) is 0.466. The van der Waals surface area contributed by atoms with Crippen molar-refractivity contribution in [2.45, 2.75) is 32.6 Å².